The van der Waals surface area contributed by atoms with E-state index >= 15 is 0 Å². The number of ether oxygens (including phenoxy) is 6. The van der Waals surface area contributed by atoms with Crippen molar-refractivity contribution in [3.63, 3.8) is 0 Å². The van der Waals surface area contributed by atoms with Crippen molar-refractivity contribution >= 4 is 5.97 Å². The number of aliphatic hydroxyl groups excluding tert-OH is 7. The van der Waals surface area contributed by atoms with Crippen LogP contribution in [-0.2, 0) is 33.2 Å². The normalized spacial score (nSPS) is 24.2. The second-order valence-corrected chi connectivity index (χ2v) is 22.9. The Morgan fingerprint density at radius 3 is 1.23 bits per heavy atom. The molecule has 79 heavy (non-hydrogen) atoms. The van der Waals surface area contributed by atoms with Gasteiger partial charge in [-0.3, -0.25) is 4.79 Å². The van der Waals surface area contributed by atoms with Crippen molar-refractivity contribution in [2.75, 3.05) is 33.0 Å². The average Bonchev–Trinajstić information content (AvgIpc) is 3.46. The van der Waals surface area contributed by atoms with Crippen LogP contribution in [0.1, 0.15) is 271 Å². The van der Waals surface area contributed by atoms with Crippen LogP contribution in [0.4, 0.5) is 0 Å². The van der Waals surface area contributed by atoms with Gasteiger partial charge in [0.05, 0.1) is 26.4 Å². The predicted molar refractivity (Wildman–Crippen MR) is 316 cm³/mol. The maximum atomic E-state index is 13.1. The molecule has 2 aliphatic rings. The molecule has 0 aromatic heterocycles. The van der Waals surface area contributed by atoms with E-state index in [2.05, 4.69) is 50.3 Å². The molecule has 14 heteroatoms. The molecule has 2 rings (SSSR count). The number of aliphatic hydroxyl groups is 7. The minimum Gasteiger partial charge on any atom is -0.457 e. The van der Waals surface area contributed by atoms with Crippen LogP contribution in [0.5, 0.6) is 0 Å². The Bertz CT molecular complexity index is 1450. The molecule has 2 saturated heterocycles. The van der Waals surface area contributed by atoms with Crippen LogP contribution in [0.3, 0.4) is 0 Å². The lowest BCUT2D eigenvalue weighted by molar-refractivity contribution is -0.332. The number of allylic oxidation sites excluding steroid dienone is 6. The number of hydrogen-bond donors (Lipinski definition) is 7. The van der Waals surface area contributed by atoms with Crippen molar-refractivity contribution < 1.29 is 69.0 Å². The summed E-state index contributed by atoms with van der Waals surface area (Å²) in [5, 5.41) is 72.5. The molecule has 2 fully saturated rings. The summed E-state index contributed by atoms with van der Waals surface area (Å²) in [5.41, 5.74) is 0. The Balaban J connectivity index is 1.67. The first-order chi connectivity index (χ1) is 38.6. The lowest BCUT2D eigenvalue weighted by atomic mass is 9.98. The summed E-state index contributed by atoms with van der Waals surface area (Å²) in [7, 11) is 0. The average molecular weight is 1130 g/mol. The first-order valence-corrected chi connectivity index (χ1v) is 32.6. The molecule has 0 saturated carbocycles. The second-order valence-electron chi connectivity index (χ2n) is 22.9. The molecular formula is C65H120O14. The fourth-order valence-corrected chi connectivity index (χ4v) is 10.4. The molecule has 14 nitrogen and oxygen atoms in total. The van der Waals surface area contributed by atoms with E-state index in [0.29, 0.717) is 13.0 Å². The highest BCUT2D eigenvalue weighted by molar-refractivity contribution is 5.69. The smallest absolute Gasteiger partial charge is 0.306 e. The van der Waals surface area contributed by atoms with Gasteiger partial charge in [-0.25, -0.2) is 0 Å². The maximum absolute atomic E-state index is 13.1. The van der Waals surface area contributed by atoms with Gasteiger partial charge < -0.3 is 64.2 Å². The van der Waals surface area contributed by atoms with Gasteiger partial charge in [-0.1, -0.05) is 230 Å². The third kappa shape index (κ3) is 37.9. The summed E-state index contributed by atoms with van der Waals surface area (Å²) in [5.74, 6) is -0.374. The Hall–Kier alpha value is -1.79. The van der Waals surface area contributed by atoms with Crippen molar-refractivity contribution in [3.05, 3.63) is 36.5 Å². The molecule has 7 N–H and O–H groups in total. The van der Waals surface area contributed by atoms with Gasteiger partial charge in [0.1, 0.15) is 54.9 Å². The molecule has 464 valence electrons. The van der Waals surface area contributed by atoms with Gasteiger partial charge in [0.15, 0.2) is 12.6 Å². The molecular weight excluding hydrogens is 1000 g/mol. The van der Waals surface area contributed by atoms with Gasteiger partial charge in [0, 0.05) is 13.0 Å². The quantitative estimate of drug-likeness (QED) is 0.0172. The Labute approximate surface area is 480 Å². The summed E-state index contributed by atoms with van der Waals surface area (Å²) in [6.45, 7) is 3.72. The van der Waals surface area contributed by atoms with Crippen LogP contribution >= 0.6 is 0 Å². The molecule has 2 aliphatic heterocycles. The zero-order valence-corrected chi connectivity index (χ0v) is 50.1. The predicted octanol–water partition coefficient (Wildman–Crippen LogP) is 12.9. The third-order valence-corrected chi connectivity index (χ3v) is 15.6. The molecule has 0 aromatic rings. The van der Waals surface area contributed by atoms with Gasteiger partial charge in [0.25, 0.3) is 0 Å². The summed E-state index contributed by atoms with van der Waals surface area (Å²) in [4.78, 5) is 13.1. The van der Waals surface area contributed by atoms with E-state index in [-0.39, 0.29) is 25.6 Å². The van der Waals surface area contributed by atoms with Crippen LogP contribution in [0.2, 0.25) is 0 Å². The van der Waals surface area contributed by atoms with Crippen LogP contribution < -0.4 is 0 Å². The van der Waals surface area contributed by atoms with E-state index in [9.17, 15) is 40.5 Å². The van der Waals surface area contributed by atoms with Crippen molar-refractivity contribution in [1.29, 1.82) is 0 Å². The van der Waals surface area contributed by atoms with Crippen LogP contribution in [0, 0.1) is 0 Å². The highest BCUT2D eigenvalue weighted by atomic mass is 16.7. The molecule has 11 unspecified atom stereocenters. The largest absolute Gasteiger partial charge is 0.457 e. The number of hydrogen-bond acceptors (Lipinski definition) is 14. The molecule has 11 atom stereocenters. The Morgan fingerprint density at radius 1 is 0.418 bits per heavy atom. The van der Waals surface area contributed by atoms with Gasteiger partial charge in [0.2, 0.25) is 0 Å². The molecule has 0 amide bonds. The van der Waals surface area contributed by atoms with Crippen molar-refractivity contribution in [2.24, 2.45) is 0 Å². The fraction of sp³-hybridized carbons (Fsp3) is 0.892. The summed E-state index contributed by atoms with van der Waals surface area (Å²) in [6.07, 6.45) is 46.4. The first kappa shape index (κ1) is 73.3. The van der Waals surface area contributed by atoms with Crippen molar-refractivity contribution in [3.8, 4) is 0 Å². The summed E-state index contributed by atoms with van der Waals surface area (Å²) in [6, 6.07) is 0. The summed E-state index contributed by atoms with van der Waals surface area (Å²) >= 11 is 0. The second kappa shape index (κ2) is 51.8. The number of carbonyl (C=O) groups is 1. The fourth-order valence-electron chi connectivity index (χ4n) is 10.4. The lowest BCUT2D eigenvalue weighted by Crippen LogP contribution is -2.61. The molecule has 0 aromatic carbocycles. The van der Waals surface area contributed by atoms with Crippen molar-refractivity contribution in [1.82, 2.24) is 0 Å². The van der Waals surface area contributed by atoms with E-state index in [1.807, 2.05) is 0 Å². The zero-order valence-electron chi connectivity index (χ0n) is 50.1. The van der Waals surface area contributed by atoms with Crippen molar-refractivity contribution in [2.45, 2.75) is 338 Å². The van der Waals surface area contributed by atoms with E-state index in [4.69, 9.17) is 28.4 Å². The van der Waals surface area contributed by atoms with Crippen LogP contribution in [0.15, 0.2) is 36.5 Å². The SMILES string of the molecule is CCCCCCC/C=C\C/C=C\CCCCCCCCCCCCCCOCC(COC1OC(COC2OC(CO)C(O)C(O)C2O)C(O)C(O)C1O)OC(=O)CCCCCCCCCCC/C=C\CCCCCCCCCC. The number of unbranched alkanes of at least 4 members (excludes halogenated alkanes) is 34. The molecule has 0 bridgehead atoms. The van der Waals surface area contributed by atoms with E-state index in [0.717, 1.165) is 44.9 Å². The van der Waals surface area contributed by atoms with E-state index in [1.54, 1.807) is 0 Å². The third-order valence-electron chi connectivity index (χ3n) is 15.6. The Morgan fingerprint density at radius 2 is 0.785 bits per heavy atom. The standard InChI is InChI=1S/C65H120O14/c1-3-5-7-9-11-13-15-17-19-21-23-25-26-27-29-31-33-35-37-39-41-43-45-47-49-74-51-54(52-75-64-63(73)61(71)59(69)56(79-64)53-76-65-62(72)60(70)58(68)55(50-66)78-65)77-57(67)48-46-44-42-40-38-36-34-32-30-28-24-22-20-18-16-14-12-10-8-6-4-2/h15,17,21-24,54-56,58-66,68-73H,3-14,16,18-20,25-53H2,1-2H3/b17-15-,23-21-,24-22-. The van der Waals surface area contributed by atoms with Gasteiger partial charge in [-0.15, -0.1) is 0 Å². The minimum atomic E-state index is -1.71. The summed E-state index contributed by atoms with van der Waals surface area (Å²) < 4.78 is 34.5. The van der Waals surface area contributed by atoms with Gasteiger partial charge in [-0.05, 0) is 70.6 Å². The number of esters is 1. The number of rotatable bonds is 54. The highest BCUT2D eigenvalue weighted by Gasteiger charge is 2.47. The number of carbonyl (C=O) groups excluding carboxylic acids is 1. The first-order valence-electron chi connectivity index (χ1n) is 32.6. The van der Waals surface area contributed by atoms with Crippen LogP contribution in [-0.4, -0.2) is 142 Å². The van der Waals surface area contributed by atoms with Gasteiger partial charge in [-0.2, -0.15) is 0 Å². The van der Waals surface area contributed by atoms with E-state index in [1.165, 1.54) is 199 Å². The minimum absolute atomic E-state index is 0.0621. The molecule has 0 aliphatic carbocycles. The molecule has 0 radical (unpaired) electrons. The maximum Gasteiger partial charge on any atom is 0.306 e. The topological polar surface area (TPSA) is 214 Å². The molecule has 2 heterocycles. The van der Waals surface area contributed by atoms with E-state index < -0.39 is 80.7 Å². The monoisotopic (exact) mass is 1120 g/mol. The lowest BCUT2D eigenvalue weighted by Gasteiger charge is -2.42. The zero-order chi connectivity index (χ0) is 57.2. The highest BCUT2D eigenvalue weighted by Crippen LogP contribution is 2.27. The molecule has 0 spiro atoms. The van der Waals surface area contributed by atoms with Crippen LogP contribution in [0.25, 0.3) is 0 Å². The van der Waals surface area contributed by atoms with Gasteiger partial charge >= 0.3 is 5.97 Å². The Kier molecular flexibility index (Phi) is 48.1.